The molecule has 0 saturated carbocycles. The Morgan fingerprint density at radius 3 is 2.21 bits per heavy atom. The van der Waals surface area contributed by atoms with Crippen molar-refractivity contribution in [2.24, 2.45) is 5.73 Å². The molecule has 1 aliphatic rings. The fourth-order valence-electron chi connectivity index (χ4n) is 3.40. The first-order chi connectivity index (χ1) is 17.7. The number of unbranched alkanes of at least 4 members (excludes halogenated alkanes) is 1. The first kappa shape index (κ1) is 32.3. The van der Waals surface area contributed by atoms with Gasteiger partial charge in [-0.05, 0) is 18.4 Å². The van der Waals surface area contributed by atoms with Crippen molar-refractivity contribution in [1.29, 1.82) is 0 Å². The van der Waals surface area contributed by atoms with E-state index in [9.17, 15) is 41.5 Å². The predicted octanol–water partition coefficient (Wildman–Crippen LogP) is 2.66. The predicted molar refractivity (Wildman–Crippen MR) is 122 cm³/mol. The number of carbonyl (C=O) groups excluding carboxylic acids is 4. The van der Waals surface area contributed by atoms with Crippen LogP contribution >= 0.6 is 0 Å². The molecule has 4 N–H and O–H groups in total. The molecular formula is C23H29F4N3O8. The van der Waals surface area contributed by atoms with Crippen molar-refractivity contribution in [1.82, 2.24) is 10.2 Å². The number of ether oxygens (including phenoxy) is 2. The molecule has 2 atom stereocenters. The van der Waals surface area contributed by atoms with Crippen molar-refractivity contribution in [3.8, 4) is 0 Å². The summed E-state index contributed by atoms with van der Waals surface area (Å²) in [6, 6.07) is 7.67. The number of amides is 5. The second kappa shape index (κ2) is 14.3. The highest BCUT2D eigenvalue weighted by Gasteiger charge is 2.54. The van der Waals surface area contributed by atoms with E-state index in [-0.39, 0.29) is 19.6 Å². The average molecular weight is 551 g/mol. The van der Waals surface area contributed by atoms with Crippen molar-refractivity contribution in [3.05, 3.63) is 35.9 Å². The summed E-state index contributed by atoms with van der Waals surface area (Å²) in [6.45, 7) is 3.84. The Labute approximate surface area is 215 Å². The number of nitrogens with zero attached hydrogens (tertiary/aromatic N) is 1. The summed E-state index contributed by atoms with van der Waals surface area (Å²) in [7, 11) is 0. The Morgan fingerprint density at radius 1 is 1.16 bits per heavy atom. The standard InChI is InChI=1S/C20H27N3O6.C3H2F4O2/c1-3-5-11-28-13-15(29-18(21)26)12-23-17(25)20(4-2,16(24)22-19(23)27)14-9-7-6-8-10-14;4-1(5)3(6,7)2(8)9/h6-10,15H,3-5,11-13H2,1-2H3,(H2,21,26)(H,22,24,27);1H,(H,8,9). The molecule has 15 heteroatoms. The first-order valence-corrected chi connectivity index (χ1v) is 11.4. The molecule has 38 heavy (non-hydrogen) atoms. The van der Waals surface area contributed by atoms with E-state index in [2.05, 4.69) is 5.32 Å². The van der Waals surface area contributed by atoms with Crippen LogP contribution in [0.5, 0.6) is 0 Å². The molecule has 0 bridgehead atoms. The maximum absolute atomic E-state index is 13.3. The zero-order valence-electron chi connectivity index (χ0n) is 20.6. The number of rotatable bonds is 12. The number of hydrogen-bond acceptors (Lipinski definition) is 7. The molecule has 0 spiro atoms. The second-order valence-electron chi connectivity index (χ2n) is 8.02. The van der Waals surface area contributed by atoms with Crippen LogP contribution in [0, 0.1) is 0 Å². The number of urea groups is 1. The summed E-state index contributed by atoms with van der Waals surface area (Å²) in [5, 5.41) is 9.63. The molecule has 1 aromatic rings. The number of hydrogen-bond donors (Lipinski definition) is 3. The number of carboxylic acids is 1. The Bertz CT molecular complexity index is 996. The third-order valence-electron chi connectivity index (χ3n) is 5.43. The molecule has 1 fully saturated rings. The van der Waals surface area contributed by atoms with Crippen LogP contribution < -0.4 is 11.1 Å². The topological polar surface area (TPSA) is 165 Å². The van der Waals surface area contributed by atoms with Gasteiger partial charge in [-0.2, -0.15) is 8.78 Å². The molecule has 0 aliphatic carbocycles. The number of halogens is 4. The SMILES string of the molecule is CCCCOCC(CN1C(=O)NC(=O)C(CC)(c2ccccc2)C1=O)OC(N)=O.O=C(O)C(F)(F)C(F)F. The summed E-state index contributed by atoms with van der Waals surface area (Å²) in [4.78, 5) is 59.8. The van der Waals surface area contributed by atoms with E-state index in [1.165, 1.54) is 0 Å². The highest BCUT2D eigenvalue weighted by molar-refractivity contribution is 6.22. The van der Waals surface area contributed by atoms with Gasteiger partial charge in [-0.15, -0.1) is 0 Å². The van der Waals surface area contributed by atoms with Crippen molar-refractivity contribution in [2.45, 2.75) is 57.0 Å². The lowest BCUT2D eigenvalue weighted by Crippen LogP contribution is -2.67. The van der Waals surface area contributed by atoms with Crippen LogP contribution in [-0.2, 0) is 29.3 Å². The quantitative estimate of drug-likeness (QED) is 0.203. The molecule has 212 valence electrons. The molecular weight excluding hydrogens is 522 g/mol. The van der Waals surface area contributed by atoms with Gasteiger partial charge in [-0.1, -0.05) is 50.6 Å². The van der Waals surface area contributed by atoms with Crippen LogP contribution in [0.25, 0.3) is 0 Å². The molecule has 1 aromatic carbocycles. The fraction of sp³-hybridized carbons (Fsp3) is 0.522. The number of primary amides is 1. The normalized spacial score (nSPS) is 18.4. The van der Waals surface area contributed by atoms with Gasteiger partial charge in [-0.25, -0.2) is 23.2 Å². The van der Waals surface area contributed by atoms with Crippen LogP contribution in [0.3, 0.4) is 0 Å². The molecule has 0 radical (unpaired) electrons. The number of aliphatic carboxylic acids is 1. The largest absolute Gasteiger partial charge is 0.477 e. The monoisotopic (exact) mass is 551 g/mol. The van der Waals surface area contributed by atoms with E-state index >= 15 is 0 Å². The molecule has 1 saturated heterocycles. The van der Waals surface area contributed by atoms with Gasteiger partial charge in [0.25, 0.3) is 5.91 Å². The van der Waals surface area contributed by atoms with Gasteiger partial charge in [0.1, 0.15) is 6.10 Å². The highest BCUT2D eigenvalue weighted by Crippen LogP contribution is 2.33. The van der Waals surface area contributed by atoms with Gasteiger partial charge in [-0.3, -0.25) is 19.8 Å². The molecule has 2 rings (SSSR count). The average Bonchev–Trinajstić information content (AvgIpc) is 2.85. The molecule has 2 unspecified atom stereocenters. The summed E-state index contributed by atoms with van der Waals surface area (Å²) >= 11 is 0. The summed E-state index contributed by atoms with van der Waals surface area (Å²) in [5.74, 6) is -9.08. The van der Waals surface area contributed by atoms with E-state index < -0.39 is 53.8 Å². The Morgan fingerprint density at radius 2 is 1.76 bits per heavy atom. The number of barbiturate groups is 1. The van der Waals surface area contributed by atoms with Gasteiger partial charge in [0.2, 0.25) is 5.91 Å². The van der Waals surface area contributed by atoms with Gasteiger partial charge >= 0.3 is 30.4 Å². The molecule has 5 amide bonds. The second-order valence-corrected chi connectivity index (χ2v) is 8.02. The van der Waals surface area contributed by atoms with Gasteiger partial charge < -0.3 is 20.3 Å². The maximum Gasteiger partial charge on any atom is 0.404 e. The number of nitrogens with two attached hydrogens (primary N) is 1. The lowest BCUT2D eigenvalue weighted by Gasteiger charge is -2.39. The van der Waals surface area contributed by atoms with Crippen LogP contribution in [-0.4, -0.2) is 78.1 Å². The van der Waals surface area contributed by atoms with Crippen molar-refractivity contribution < 1.29 is 56.1 Å². The van der Waals surface area contributed by atoms with E-state index in [4.69, 9.17) is 20.3 Å². The number of carbonyl (C=O) groups is 5. The Kier molecular flexibility index (Phi) is 12.1. The van der Waals surface area contributed by atoms with Crippen molar-refractivity contribution in [3.63, 3.8) is 0 Å². The van der Waals surface area contributed by atoms with E-state index in [1.54, 1.807) is 37.3 Å². The first-order valence-electron chi connectivity index (χ1n) is 11.4. The number of nitrogens with one attached hydrogen (secondary N) is 1. The van der Waals surface area contributed by atoms with Gasteiger partial charge in [0.05, 0.1) is 13.2 Å². The minimum Gasteiger partial charge on any atom is -0.477 e. The molecule has 1 heterocycles. The van der Waals surface area contributed by atoms with Crippen LogP contribution in [0.2, 0.25) is 0 Å². The van der Waals surface area contributed by atoms with E-state index in [0.717, 1.165) is 17.7 Å². The highest BCUT2D eigenvalue weighted by atomic mass is 19.3. The Hall–Kier alpha value is -3.75. The smallest absolute Gasteiger partial charge is 0.404 e. The minimum absolute atomic E-state index is 0.0294. The zero-order valence-corrected chi connectivity index (χ0v) is 20.6. The lowest BCUT2D eigenvalue weighted by atomic mass is 9.74. The summed E-state index contributed by atoms with van der Waals surface area (Å²) < 4.78 is 55.0. The fourth-order valence-corrected chi connectivity index (χ4v) is 3.40. The third kappa shape index (κ3) is 7.87. The Balaban J connectivity index is 0.000000686. The molecule has 11 nitrogen and oxygen atoms in total. The minimum atomic E-state index is -4.92. The summed E-state index contributed by atoms with van der Waals surface area (Å²) in [5.41, 5.74) is 4.05. The molecule has 1 aliphatic heterocycles. The third-order valence-corrected chi connectivity index (χ3v) is 5.43. The van der Waals surface area contributed by atoms with E-state index in [1.807, 2.05) is 6.92 Å². The number of carboxylic acid groups (broad SMARTS) is 1. The van der Waals surface area contributed by atoms with Crippen molar-refractivity contribution >= 4 is 29.9 Å². The van der Waals surface area contributed by atoms with Gasteiger partial charge in [0.15, 0.2) is 5.41 Å². The molecule has 0 aromatic heterocycles. The number of alkyl halides is 4. The van der Waals surface area contributed by atoms with Crippen molar-refractivity contribution in [2.75, 3.05) is 19.8 Å². The zero-order chi connectivity index (χ0) is 29.1. The lowest BCUT2D eigenvalue weighted by molar-refractivity contribution is -0.187. The maximum atomic E-state index is 13.3. The van der Waals surface area contributed by atoms with Crippen LogP contribution in [0.15, 0.2) is 30.3 Å². The van der Waals surface area contributed by atoms with Gasteiger partial charge in [0, 0.05) is 6.61 Å². The summed E-state index contributed by atoms with van der Waals surface area (Å²) in [6.07, 6.45) is -4.24. The number of imide groups is 2. The van der Waals surface area contributed by atoms with E-state index in [0.29, 0.717) is 12.2 Å². The van der Waals surface area contributed by atoms with Crippen LogP contribution in [0.4, 0.5) is 27.2 Å². The van der Waals surface area contributed by atoms with Crippen LogP contribution in [0.1, 0.15) is 38.7 Å². The number of benzene rings is 1.